The molecular formula is C6H9N3O2. The van der Waals surface area contributed by atoms with E-state index in [2.05, 4.69) is 10.1 Å². The predicted molar refractivity (Wildman–Crippen MR) is 37.3 cm³/mol. The van der Waals surface area contributed by atoms with E-state index in [-0.39, 0.29) is 5.82 Å². The van der Waals surface area contributed by atoms with Crippen LogP contribution in [0.15, 0.2) is 6.33 Å². The van der Waals surface area contributed by atoms with Crippen molar-refractivity contribution in [2.24, 2.45) is 0 Å². The van der Waals surface area contributed by atoms with Crippen LogP contribution in [-0.2, 0) is 6.54 Å². The minimum absolute atomic E-state index is 0.140. The molecule has 1 aromatic rings. The zero-order chi connectivity index (χ0) is 8.27. The molecule has 0 bridgehead atoms. The Labute approximate surface area is 63.7 Å². The zero-order valence-corrected chi connectivity index (χ0v) is 6.19. The van der Waals surface area contributed by atoms with Crippen LogP contribution in [0, 0.1) is 0 Å². The normalized spacial score (nSPS) is 9.91. The molecule has 11 heavy (non-hydrogen) atoms. The van der Waals surface area contributed by atoms with Crippen LogP contribution in [0.1, 0.15) is 24.0 Å². The van der Waals surface area contributed by atoms with Gasteiger partial charge in [-0.3, -0.25) is 4.68 Å². The van der Waals surface area contributed by atoms with Crippen LogP contribution < -0.4 is 0 Å². The van der Waals surface area contributed by atoms with Crippen LogP contribution >= 0.6 is 0 Å². The fraction of sp³-hybridized carbons (Fsp3) is 0.500. The molecule has 0 unspecified atom stereocenters. The van der Waals surface area contributed by atoms with Gasteiger partial charge in [-0.2, -0.15) is 0 Å². The highest BCUT2D eigenvalue weighted by Gasteiger charge is 2.07. The summed E-state index contributed by atoms with van der Waals surface area (Å²) in [6, 6.07) is 0. The van der Waals surface area contributed by atoms with Gasteiger partial charge in [0.1, 0.15) is 6.33 Å². The molecule has 0 radical (unpaired) electrons. The minimum Gasteiger partial charge on any atom is -0.475 e. The average Bonchev–Trinajstić information content (AvgIpc) is 2.37. The lowest BCUT2D eigenvalue weighted by atomic mass is 10.5. The SMILES string of the molecule is CCCn1cnc(C(=O)O)n1. The van der Waals surface area contributed by atoms with Crippen molar-refractivity contribution in [1.29, 1.82) is 0 Å². The highest BCUT2D eigenvalue weighted by atomic mass is 16.4. The van der Waals surface area contributed by atoms with Crippen LogP contribution in [0.25, 0.3) is 0 Å². The fourth-order valence-corrected chi connectivity index (χ4v) is 0.729. The van der Waals surface area contributed by atoms with Gasteiger partial charge in [0, 0.05) is 6.54 Å². The van der Waals surface area contributed by atoms with Crippen LogP contribution in [0.2, 0.25) is 0 Å². The maximum Gasteiger partial charge on any atom is 0.375 e. The molecule has 0 aliphatic heterocycles. The van der Waals surface area contributed by atoms with Gasteiger partial charge in [-0.15, -0.1) is 5.10 Å². The van der Waals surface area contributed by atoms with Gasteiger partial charge >= 0.3 is 5.97 Å². The van der Waals surface area contributed by atoms with Crippen molar-refractivity contribution in [2.45, 2.75) is 19.9 Å². The molecule has 1 heterocycles. The summed E-state index contributed by atoms with van der Waals surface area (Å²) in [4.78, 5) is 13.9. The van der Waals surface area contributed by atoms with E-state index in [4.69, 9.17) is 5.11 Å². The first kappa shape index (κ1) is 7.71. The maximum absolute atomic E-state index is 10.3. The van der Waals surface area contributed by atoms with Gasteiger partial charge in [0.15, 0.2) is 0 Å². The summed E-state index contributed by atoms with van der Waals surface area (Å²) in [6.45, 7) is 2.70. The van der Waals surface area contributed by atoms with E-state index in [0.29, 0.717) is 6.54 Å². The summed E-state index contributed by atoms with van der Waals surface area (Å²) in [5, 5.41) is 12.1. The molecular weight excluding hydrogens is 146 g/mol. The van der Waals surface area contributed by atoms with Crippen LogP contribution in [0.3, 0.4) is 0 Å². The number of carboxylic acid groups (broad SMARTS) is 1. The smallest absolute Gasteiger partial charge is 0.375 e. The first-order valence-electron chi connectivity index (χ1n) is 3.36. The number of carboxylic acids is 1. The van der Waals surface area contributed by atoms with Gasteiger partial charge in [-0.1, -0.05) is 6.92 Å². The van der Waals surface area contributed by atoms with Crippen LogP contribution in [-0.4, -0.2) is 25.8 Å². The van der Waals surface area contributed by atoms with Crippen molar-refractivity contribution in [1.82, 2.24) is 14.8 Å². The maximum atomic E-state index is 10.3. The molecule has 0 spiro atoms. The highest BCUT2D eigenvalue weighted by Crippen LogP contribution is 1.90. The molecule has 0 atom stereocenters. The van der Waals surface area contributed by atoms with Crippen molar-refractivity contribution in [3.05, 3.63) is 12.2 Å². The van der Waals surface area contributed by atoms with E-state index in [1.165, 1.54) is 11.0 Å². The molecule has 1 N–H and O–H groups in total. The highest BCUT2D eigenvalue weighted by molar-refractivity contribution is 5.82. The molecule has 5 nitrogen and oxygen atoms in total. The average molecular weight is 155 g/mol. The van der Waals surface area contributed by atoms with E-state index in [1.54, 1.807) is 0 Å². The summed E-state index contributed by atoms with van der Waals surface area (Å²) >= 11 is 0. The number of hydrogen-bond donors (Lipinski definition) is 1. The Morgan fingerprint density at radius 2 is 2.55 bits per heavy atom. The summed E-state index contributed by atoms with van der Waals surface area (Å²) < 4.78 is 1.52. The quantitative estimate of drug-likeness (QED) is 0.685. The Morgan fingerprint density at radius 3 is 3.00 bits per heavy atom. The largest absolute Gasteiger partial charge is 0.475 e. The van der Waals surface area contributed by atoms with Gasteiger partial charge in [0.05, 0.1) is 0 Å². The topological polar surface area (TPSA) is 68.0 Å². The first-order valence-corrected chi connectivity index (χ1v) is 3.36. The lowest BCUT2D eigenvalue weighted by molar-refractivity contribution is 0.0683. The molecule has 1 aromatic heterocycles. The van der Waals surface area contributed by atoms with Gasteiger partial charge in [0.25, 0.3) is 5.82 Å². The number of carbonyl (C=O) groups is 1. The Kier molecular flexibility index (Phi) is 2.20. The molecule has 0 fully saturated rings. The second-order valence-corrected chi connectivity index (χ2v) is 2.14. The Balaban J connectivity index is 2.73. The monoisotopic (exact) mass is 155 g/mol. The molecule has 60 valence electrons. The van der Waals surface area contributed by atoms with E-state index in [1.807, 2.05) is 6.92 Å². The fourth-order valence-electron chi connectivity index (χ4n) is 0.729. The van der Waals surface area contributed by atoms with E-state index in [9.17, 15) is 4.79 Å². The molecule has 0 aliphatic rings. The Morgan fingerprint density at radius 1 is 1.82 bits per heavy atom. The number of nitrogens with zero attached hydrogens (tertiary/aromatic N) is 3. The lowest BCUT2D eigenvalue weighted by Crippen LogP contribution is -2.02. The summed E-state index contributed by atoms with van der Waals surface area (Å²) in [5.41, 5.74) is 0. The number of aromatic nitrogens is 3. The Bertz CT molecular complexity index is 256. The summed E-state index contributed by atoms with van der Waals surface area (Å²) in [7, 11) is 0. The standard InChI is InChI=1S/C6H9N3O2/c1-2-3-9-4-7-5(8-9)6(10)11/h4H,2-3H2,1H3,(H,10,11). The van der Waals surface area contributed by atoms with E-state index >= 15 is 0 Å². The second kappa shape index (κ2) is 3.14. The molecule has 0 saturated carbocycles. The third kappa shape index (κ3) is 1.76. The molecule has 5 heteroatoms. The molecule has 0 amide bonds. The minimum atomic E-state index is -1.08. The number of rotatable bonds is 3. The number of hydrogen-bond acceptors (Lipinski definition) is 3. The summed E-state index contributed by atoms with van der Waals surface area (Å²) in [5.74, 6) is -1.22. The van der Waals surface area contributed by atoms with Gasteiger partial charge < -0.3 is 5.11 Å². The van der Waals surface area contributed by atoms with E-state index in [0.717, 1.165) is 6.42 Å². The summed E-state index contributed by atoms with van der Waals surface area (Å²) in [6.07, 6.45) is 2.34. The number of aromatic carboxylic acids is 1. The molecule has 0 saturated heterocycles. The van der Waals surface area contributed by atoms with Crippen molar-refractivity contribution >= 4 is 5.97 Å². The van der Waals surface area contributed by atoms with Crippen molar-refractivity contribution < 1.29 is 9.90 Å². The lowest BCUT2D eigenvalue weighted by Gasteiger charge is -1.92. The molecule has 1 rings (SSSR count). The third-order valence-corrected chi connectivity index (χ3v) is 1.18. The van der Waals surface area contributed by atoms with E-state index < -0.39 is 5.97 Å². The van der Waals surface area contributed by atoms with Crippen molar-refractivity contribution in [3.63, 3.8) is 0 Å². The zero-order valence-electron chi connectivity index (χ0n) is 6.19. The molecule has 0 aliphatic carbocycles. The van der Waals surface area contributed by atoms with Crippen LogP contribution in [0.5, 0.6) is 0 Å². The molecule has 0 aromatic carbocycles. The predicted octanol–water partition coefficient (Wildman–Crippen LogP) is 0.386. The van der Waals surface area contributed by atoms with Gasteiger partial charge in [-0.25, -0.2) is 9.78 Å². The van der Waals surface area contributed by atoms with Gasteiger partial charge in [-0.05, 0) is 6.42 Å². The van der Waals surface area contributed by atoms with Gasteiger partial charge in [0.2, 0.25) is 0 Å². The Hall–Kier alpha value is -1.39. The second-order valence-electron chi connectivity index (χ2n) is 2.14. The first-order chi connectivity index (χ1) is 5.24. The van der Waals surface area contributed by atoms with Crippen molar-refractivity contribution in [2.75, 3.05) is 0 Å². The third-order valence-electron chi connectivity index (χ3n) is 1.18. The number of aryl methyl sites for hydroxylation is 1. The van der Waals surface area contributed by atoms with Crippen LogP contribution in [0.4, 0.5) is 0 Å². The van der Waals surface area contributed by atoms with Crippen molar-refractivity contribution in [3.8, 4) is 0 Å².